The molecule has 38 heavy (non-hydrogen) atoms. The number of H-pyrrole nitrogens is 1. The van der Waals surface area contributed by atoms with Crippen molar-refractivity contribution in [2.75, 3.05) is 0 Å². The van der Waals surface area contributed by atoms with Gasteiger partial charge in [0.15, 0.2) is 11.5 Å². The van der Waals surface area contributed by atoms with E-state index in [1.165, 1.54) is 11.1 Å². The van der Waals surface area contributed by atoms with Crippen molar-refractivity contribution in [1.82, 2.24) is 50.2 Å². The van der Waals surface area contributed by atoms with Crippen molar-refractivity contribution in [2.24, 2.45) is 0 Å². The zero-order valence-electron chi connectivity index (χ0n) is 21.2. The minimum absolute atomic E-state index is 0.192. The number of tetrazole rings is 1. The third kappa shape index (κ3) is 3.68. The number of hydrogen-bond donors (Lipinski definition) is 1. The van der Waals surface area contributed by atoms with Gasteiger partial charge in [-0.05, 0) is 64.1 Å². The molecule has 6 aromatic rings. The smallest absolute Gasteiger partial charge is 0.180 e. The van der Waals surface area contributed by atoms with Crippen LogP contribution in [0.2, 0.25) is 0 Å². The summed E-state index contributed by atoms with van der Waals surface area (Å²) in [6, 6.07) is 17.3. The van der Waals surface area contributed by atoms with E-state index in [0.717, 1.165) is 64.2 Å². The van der Waals surface area contributed by atoms with Crippen LogP contribution in [0.4, 0.5) is 0 Å². The van der Waals surface area contributed by atoms with E-state index >= 15 is 0 Å². The van der Waals surface area contributed by atoms with Gasteiger partial charge in [-0.2, -0.15) is 15.0 Å². The molecule has 0 fully saturated rings. The van der Waals surface area contributed by atoms with Gasteiger partial charge in [-0.3, -0.25) is 0 Å². The van der Waals surface area contributed by atoms with E-state index in [1.54, 1.807) is 17.2 Å². The number of pyridine rings is 1. The van der Waals surface area contributed by atoms with Crippen LogP contribution in [-0.2, 0) is 19.4 Å². The molecule has 0 amide bonds. The highest BCUT2D eigenvalue weighted by Crippen LogP contribution is 2.40. The topological polar surface area (TPSA) is 116 Å². The lowest BCUT2D eigenvalue weighted by Gasteiger charge is -2.18. The molecule has 0 bridgehead atoms. The Kier molecular flexibility index (Phi) is 5.31. The molecule has 0 saturated carbocycles. The molecule has 0 radical (unpaired) electrons. The molecule has 4 heterocycles. The molecule has 0 saturated heterocycles. The number of fused-ring (bicyclic) bond motifs is 2. The molecule has 2 aromatic carbocycles. The van der Waals surface area contributed by atoms with Crippen molar-refractivity contribution in [3.8, 4) is 22.5 Å². The molecular weight excluding hydrogens is 476 g/mol. The monoisotopic (exact) mass is 502 g/mol. The lowest BCUT2D eigenvalue weighted by atomic mass is 9.96. The van der Waals surface area contributed by atoms with E-state index in [1.807, 2.05) is 18.2 Å². The Hall–Kier alpha value is -4.73. The summed E-state index contributed by atoms with van der Waals surface area (Å²) in [5.41, 5.74) is 9.90. The van der Waals surface area contributed by atoms with Crippen LogP contribution in [0.25, 0.3) is 33.7 Å². The van der Waals surface area contributed by atoms with Gasteiger partial charge >= 0.3 is 0 Å². The molecule has 0 spiro atoms. The standard InChI is InChI=1S/C28H26N10/c1-3-25-32-26-17(2)14-20(16-37-29-12-13-30-37)31-28(26)38(25)24-11-9-19-15-18(8-10-22(19)24)21-6-4-5-7-23(21)27-33-35-36-34-27/h4-8,10,12-15,24H,3,9,11,16H2,1-2H3,(H,33,34,35,36)/t24-/m0/s1. The third-order valence-corrected chi connectivity index (χ3v) is 7.39. The Morgan fingerprint density at radius 1 is 1.00 bits per heavy atom. The SMILES string of the molecule is CCc1nc2c(C)cc(Cn3nccn3)nc2n1[C@H]1CCc2cc(-c3ccccc3-c3nnn[nH]3)ccc21. The number of nitrogens with zero attached hydrogens (tertiary/aromatic N) is 9. The van der Waals surface area contributed by atoms with Crippen molar-refractivity contribution < 1.29 is 0 Å². The van der Waals surface area contributed by atoms with Crippen molar-refractivity contribution >= 4 is 11.2 Å². The molecule has 1 aliphatic carbocycles. The first kappa shape index (κ1) is 22.5. The second-order valence-corrected chi connectivity index (χ2v) is 9.68. The molecule has 0 aliphatic heterocycles. The van der Waals surface area contributed by atoms with Crippen molar-refractivity contribution in [2.45, 2.75) is 45.7 Å². The molecule has 10 nitrogen and oxygen atoms in total. The van der Waals surface area contributed by atoms with Gasteiger partial charge in [0.1, 0.15) is 17.9 Å². The van der Waals surface area contributed by atoms with Gasteiger partial charge in [0.2, 0.25) is 0 Å². The molecule has 4 aromatic heterocycles. The van der Waals surface area contributed by atoms with E-state index in [2.05, 4.69) is 79.6 Å². The molecule has 188 valence electrons. The van der Waals surface area contributed by atoms with E-state index in [4.69, 9.17) is 9.97 Å². The van der Waals surface area contributed by atoms with Crippen LogP contribution < -0.4 is 0 Å². The van der Waals surface area contributed by atoms with E-state index in [9.17, 15) is 0 Å². The molecule has 1 N–H and O–H groups in total. The summed E-state index contributed by atoms with van der Waals surface area (Å²) in [7, 11) is 0. The lowest BCUT2D eigenvalue weighted by molar-refractivity contribution is 0.561. The largest absolute Gasteiger partial charge is 0.305 e. The number of aromatic amines is 1. The fraction of sp³-hybridized carbons (Fsp3) is 0.250. The number of aromatic nitrogens is 10. The van der Waals surface area contributed by atoms with Crippen LogP contribution in [0.3, 0.4) is 0 Å². The van der Waals surface area contributed by atoms with Gasteiger partial charge in [-0.25, -0.2) is 15.1 Å². The van der Waals surface area contributed by atoms with Crippen molar-refractivity contribution in [3.05, 3.63) is 89.1 Å². The molecule has 1 atom stereocenters. The number of aryl methyl sites for hydroxylation is 3. The number of imidazole rings is 1. The maximum absolute atomic E-state index is 5.08. The van der Waals surface area contributed by atoms with Crippen LogP contribution in [0.5, 0.6) is 0 Å². The minimum Gasteiger partial charge on any atom is -0.305 e. The summed E-state index contributed by atoms with van der Waals surface area (Å²) in [5, 5.41) is 23.1. The summed E-state index contributed by atoms with van der Waals surface area (Å²) >= 11 is 0. The first-order valence-electron chi connectivity index (χ1n) is 12.9. The van der Waals surface area contributed by atoms with Crippen LogP contribution in [0, 0.1) is 6.92 Å². The number of benzene rings is 2. The van der Waals surface area contributed by atoms with Crippen molar-refractivity contribution in [3.63, 3.8) is 0 Å². The number of rotatable bonds is 6. The fourth-order valence-electron chi connectivity index (χ4n) is 5.70. The van der Waals surface area contributed by atoms with Gasteiger partial charge in [0, 0.05) is 12.0 Å². The van der Waals surface area contributed by atoms with Gasteiger partial charge < -0.3 is 4.57 Å². The van der Waals surface area contributed by atoms with Gasteiger partial charge in [-0.15, -0.1) is 5.10 Å². The van der Waals surface area contributed by atoms with Crippen LogP contribution >= 0.6 is 0 Å². The normalized spacial score (nSPS) is 14.8. The lowest BCUT2D eigenvalue weighted by Crippen LogP contribution is -2.13. The zero-order chi connectivity index (χ0) is 25.6. The summed E-state index contributed by atoms with van der Waals surface area (Å²) in [6.45, 7) is 4.80. The first-order chi connectivity index (χ1) is 18.7. The highest BCUT2D eigenvalue weighted by Gasteiger charge is 2.29. The molecule has 0 unspecified atom stereocenters. The molecule has 7 rings (SSSR count). The predicted octanol–water partition coefficient (Wildman–Crippen LogP) is 4.32. The van der Waals surface area contributed by atoms with E-state index in [-0.39, 0.29) is 6.04 Å². The van der Waals surface area contributed by atoms with Crippen LogP contribution in [0.15, 0.2) is 60.9 Å². The molecule has 10 heteroatoms. The summed E-state index contributed by atoms with van der Waals surface area (Å²) in [4.78, 5) is 11.8. The predicted molar refractivity (Wildman–Crippen MR) is 142 cm³/mol. The van der Waals surface area contributed by atoms with Gasteiger partial charge in [-0.1, -0.05) is 49.4 Å². The Balaban J connectivity index is 1.31. The Morgan fingerprint density at radius 3 is 2.63 bits per heavy atom. The first-order valence-corrected chi connectivity index (χ1v) is 12.9. The van der Waals surface area contributed by atoms with Gasteiger partial charge in [0.05, 0.1) is 24.1 Å². The second-order valence-electron chi connectivity index (χ2n) is 9.68. The summed E-state index contributed by atoms with van der Waals surface area (Å²) in [6.07, 6.45) is 6.23. The number of nitrogens with one attached hydrogen (secondary N) is 1. The van der Waals surface area contributed by atoms with Crippen molar-refractivity contribution in [1.29, 1.82) is 0 Å². The van der Waals surface area contributed by atoms with Crippen LogP contribution in [0.1, 0.15) is 47.6 Å². The maximum atomic E-state index is 5.08. The minimum atomic E-state index is 0.192. The zero-order valence-corrected chi connectivity index (χ0v) is 21.2. The van der Waals surface area contributed by atoms with E-state index in [0.29, 0.717) is 12.4 Å². The third-order valence-electron chi connectivity index (χ3n) is 7.39. The highest BCUT2D eigenvalue weighted by molar-refractivity contribution is 5.81. The van der Waals surface area contributed by atoms with Crippen LogP contribution in [-0.4, -0.2) is 50.2 Å². The maximum Gasteiger partial charge on any atom is 0.180 e. The Labute approximate surface area is 218 Å². The molecular formula is C28H26N10. The Bertz CT molecular complexity index is 1750. The summed E-state index contributed by atoms with van der Waals surface area (Å²) < 4.78 is 2.36. The highest BCUT2D eigenvalue weighted by atomic mass is 15.5. The average molecular weight is 503 g/mol. The summed E-state index contributed by atoms with van der Waals surface area (Å²) in [5.74, 6) is 1.73. The quantitative estimate of drug-likeness (QED) is 0.360. The van der Waals surface area contributed by atoms with E-state index < -0.39 is 0 Å². The fourth-order valence-corrected chi connectivity index (χ4v) is 5.70. The van der Waals surface area contributed by atoms with Gasteiger partial charge in [0.25, 0.3) is 0 Å². The second kappa shape index (κ2) is 8.98. The Morgan fingerprint density at radius 2 is 1.84 bits per heavy atom. The average Bonchev–Trinajstić information content (AvgIpc) is 3.75. The molecule has 1 aliphatic rings. The number of hydrogen-bond acceptors (Lipinski definition) is 7.